The van der Waals surface area contributed by atoms with Crippen molar-refractivity contribution < 1.29 is 36.3 Å². The van der Waals surface area contributed by atoms with E-state index in [1.807, 2.05) is 12.3 Å². The number of nitrogens with one attached hydrogen (secondary N) is 1. The molecule has 8 nitrogen and oxygen atoms in total. The van der Waals surface area contributed by atoms with Gasteiger partial charge in [0.15, 0.2) is 11.6 Å². The Morgan fingerprint density at radius 1 is 1.12 bits per heavy atom. The maximum absolute atomic E-state index is 13.7. The van der Waals surface area contributed by atoms with Gasteiger partial charge in [0.05, 0.1) is 6.20 Å². The maximum atomic E-state index is 13.7. The van der Waals surface area contributed by atoms with Crippen molar-refractivity contribution in [3.8, 4) is 11.1 Å². The van der Waals surface area contributed by atoms with Crippen LogP contribution in [0.1, 0.15) is 30.0 Å². The van der Waals surface area contributed by atoms with Gasteiger partial charge in [-0.2, -0.15) is 18.3 Å². The van der Waals surface area contributed by atoms with Crippen molar-refractivity contribution in [2.24, 2.45) is 7.05 Å². The quantitative estimate of drug-likeness (QED) is 0.364. The van der Waals surface area contributed by atoms with Crippen molar-refractivity contribution in [2.45, 2.75) is 44.1 Å². The van der Waals surface area contributed by atoms with Crippen LogP contribution >= 0.6 is 0 Å². The summed E-state index contributed by atoms with van der Waals surface area (Å²) >= 11 is 0. The number of carbonyl (C=O) groups excluding carboxylic acids is 3. The van der Waals surface area contributed by atoms with Crippen LogP contribution in [0.2, 0.25) is 0 Å². The molecule has 1 aromatic heterocycles. The van der Waals surface area contributed by atoms with Crippen LogP contribution in [0.5, 0.6) is 0 Å². The van der Waals surface area contributed by atoms with Crippen molar-refractivity contribution in [2.75, 3.05) is 6.54 Å². The highest BCUT2D eigenvalue weighted by atomic mass is 19.4. The predicted octanol–water partition coefficient (Wildman–Crippen LogP) is 4.04. The number of alkyl halides is 3. The molecule has 0 unspecified atom stereocenters. The summed E-state index contributed by atoms with van der Waals surface area (Å²) in [6, 6.07) is 4.64. The first-order valence-corrected chi connectivity index (χ1v) is 12.4. The van der Waals surface area contributed by atoms with Gasteiger partial charge in [0.2, 0.25) is 5.91 Å². The van der Waals surface area contributed by atoms with Gasteiger partial charge in [-0.3, -0.25) is 19.2 Å². The molecule has 40 heavy (non-hydrogen) atoms. The first-order valence-electron chi connectivity index (χ1n) is 12.4. The summed E-state index contributed by atoms with van der Waals surface area (Å²) in [5.41, 5.74) is 1.55. The van der Waals surface area contributed by atoms with Crippen molar-refractivity contribution in [3.63, 3.8) is 0 Å². The van der Waals surface area contributed by atoms with Crippen LogP contribution in [0.15, 0.2) is 48.8 Å². The molecule has 0 saturated carbocycles. The molecule has 1 spiro atoms. The second-order valence-electron chi connectivity index (χ2n) is 9.99. The molecule has 1 aliphatic heterocycles. The normalized spacial score (nSPS) is 19.2. The Morgan fingerprint density at radius 2 is 1.88 bits per heavy atom. The van der Waals surface area contributed by atoms with Gasteiger partial charge in [0.25, 0.3) is 5.91 Å². The van der Waals surface area contributed by atoms with Crippen molar-refractivity contribution >= 4 is 17.8 Å². The Bertz CT molecular complexity index is 1520. The van der Waals surface area contributed by atoms with Crippen molar-refractivity contribution in [3.05, 3.63) is 77.1 Å². The Morgan fingerprint density at radius 3 is 2.52 bits per heavy atom. The minimum Gasteiger partial charge on any atom is -0.325 e. The topological polar surface area (TPSA) is 87.5 Å². The number of nitrogens with zero attached hydrogens (tertiary/aromatic N) is 4. The van der Waals surface area contributed by atoms with Gasteiger partial charge in [-0.15, -0.1) is 0 Å². The molecule has 1 N–H and O–H groups in total. The van der Waals surface area contributed by atoms with E-state index in [1.165, 1.54) is 0 Å². The minimum atomic E-state index is -4.86. The summed E-state index contributed by atoms with van der Waals surface area (Å²) in [7, 11) is 1.78. The molecule has 0 radical (unpaired) electrons. The molecule has 4 amide bonds. The summed E-state index contributed by atoms with van der Waals surface area (Å²) in [4.78, 5) is 40.6. The average molecular weight is 562 g/mol. The number of benzene rings is 2. The molecule has 2 atom stereocenters. The molecule has 2 heterocycles. The van der Waals surface area contributed by atoms with Gasteiger partial charge in [-0.1, -0.05) is 24.3 Å². The lowest BCUT2D eigenvalue weighted by Gasteiger charge is -2.32. The van der Waals surface area contributed by atoms with Gasteiger partial charge >= 0.3 is 12.2 Å². The molecule has 2 aromatic carbocycles. The van der Waals surface area contributed by atoms with Crippen LogP contribution in [0.3, 0.4) is 0 Å². The molecule has 2 aliphatic rings. The summed E-state index contributed by atoms with van der Waals surface area (Å²) in [5.74, 6) is -4.40. The minimum absolute atomic E-state index is 0.0915. The number of halogens is 5. The van der Waals surface area contributed by atoms with E-state index < -0.39 is 60.3 Å². The van der Waals surface area contributed by atoms with Crippen molar-refractivity contribution in [1.82, 2.24) is 24.9 Å². The van der Waals surface area contributed by atoms with Gasteiger partial charge in [0, 0.05) is 25.4 Å². The van der Waals surface area contributed by atoms with Gasteiger partial charge in [-0.25, -0.2) is 13.6 Å². The van der Waals surface area contributed by atoms with Crippen molar-refractivity contribution in [1.29, 1.82) is 0 Å². The highest BCUT2D eigenvalue weighted by Gasteiger charge is 2.56. The number of rotatable bonds is 6. The maximum Gasteiger partial charge on any atom is 0.408 e. The van der Waals surface area contributed by atoms with Gasteiger partial charge in [0.1, 0.15) is 18.1 Å². The number of aryl methyl sites for hydroxylation is 2. The smallest absolute Gasteiger partial charge is 0.325 e. The number of aromatic nitrogens is 2. The molecular formula is C27H24F5N5O3. The second kappa shape index (κ2) is 9.72. The molecule has 1 fully saturated rings. The summed E-state index contributed by atoms with van der Waals surface area (Å²) in [6.45, 7) is -0.941. The highest BCUT2D eigenvalue weighted by Crippen LogP contribution is 2.43. The second-order valence-corrected chi connectivity index (χ2v) is 9.99. The number of fused-ring (bicyclic) bond motifs is 2. The highest BCUT2D eigenvalue weighted by molar-refractivity contribution is 6.10. The zero-order valence-corrected chi connectivity index (χ0v) is 21.4. The van der Waals surface area contributed by atoms with E-state index in [4.69, 9.17) is 0 Å². The van der Waals surface area contributed by atoms with E-state index >= 15 is 0 Å². The molecule has 210 valence electrons. The molecular weight excluding hydrogens is 537 g/mol. The number of imide groups is 1. The van der Waals surface area contributed by atoms with E-state index in [1.54, 1.807) is 30.1 Å². The van der Waals surface area contributed by atoms with Gasteiger partial charge < -0.3 is 10.2 Å². The summed E-state index contributed by atoms with van der Waals surface area (Å²) in [5, 5.41) is 6.80. The number of carbonyl (C=O) groups is 3. The van der Waals surface area contributed by atoms with Crippen LogP contribution in [0, 0.1) is 11.6 Å². The summed E-state index contributed by atoms with van der Waals surface area (Å²) < 4.78 is 69.6. The molecule has 13 heteroatoms. The number of amides is 4. The van der Waals surface area contributed by atoms with E-state index in [-0.39, 0.29) is 12.0 Å². The lowest BCUT2D eigenvalue weighted by molar-refractivity contribution is -0.187. The van der Waals surface area contributed by atoms with Crippen LogP contribution in [-0.2, 0) is 35.1 Å². The monoisotopic (exact) mass is 561 g/mol. The Hall–Kier alpha value is -4.29. The Kier molecular flexibility index (Phi) is 6.63. The molecule has 3 aromatic rings. The van der Waals surface area contributed by atoms with Crippen LogP contribution in [0.4, 0.5) is 26.7 Å². The fourth-order valence-electron chi connectivity index (χ4n) is 5.22. The Labute approximate surface area is 225 Å². The number of hydrogen-bond acceptors (Lipinski definition) is 4. The molecule has 1 aliphatic carbocycles. The van der Waals surface area contributed by atoms with E-state index in [0.29, 0.717) is 27.9 Å². The van der Waals surface area contributed by atoms with Crippen LogP contribution in [-0.4, -0.2) is 56.2 Å². The standard InChI is InChI=1S/C27H24F5N5O3/c1-15(27(30,31)32)36(12-16-3-6-21(28)22(29)9-16)23(38)14-37-24(39)26(34-25(37)40)8-7-18-10-17(4-5-20(18)26)19-11-33-35(2)13-19/h3-6,9-11,13,15H,7-8,12,14H2,1-2H3,(H,34,40)/t15-,26-/m0/s1. The Balaban J connectivity index is 1.39. The predicted molar refractivity (Wildman–Crippen MR) is 131 cm³/mol. The largest absolute Gasteiger partial charge is 0.408 e. The fraction of sp³-hybridized carbons (Fsp3) is 0.333. The van der Waals surface area contributed by atoms with Crippen LogP contribution < -0.4 is 5.32 Å². The third-order valence-corrected chi connectivity index (χ3v) is 7.44. The van der Waals surface area contributed by atoms with E-state index in [2.05, 4.69) is 10.4 Å². The lowest BCUT2D eigenvalue weighted by Crippen LogP contribution is -2.51. The summed E-state index contributed by atoms with van der Waals surface area (Å²) in [6.07, 6.45) is -0.675. The SMILES string of the molecule is C[C@H](N(Cc1ccc(F)c(F)c1)C(=O)CN1C(=O)N[C@]2(CCc3cc(-c4cnn(C)c4)ccc32)C1=O)C(F)(F)F. The number of urea groups is 1. The fourth-order valence-corrected chi connectivity index (χ4v) is 5.22. The van der Waals surface area contributed by atoms with Gasteiger partial charge in [-0.05, 0) is 54.2 Å². The first-order chi connectivity index (χ1) is 18.8. The van der Waals surface area contributed by atoms with E-state index in [9.17, 15) is 36.3 Å². The lowest BCUT2D eigenvalue weighted by atomic mass is 9.90. The van der Waals surface area contributed by atoms with Crippen LogP contribution in [0.25, 0.3) is 11.1 Å². The van der Waals surface area contributed by atoms with E-state index in [0.717, 1.165) is 35.7 Å². The first kappa shape index (κ1) is 27.3. The molecule has 1 saturated heterocycles. The zero-order chi connectivity index (χ0) is 29.0. The third-order valence-electron chi connectivity index (χ3n) is 7.44. The third kappa shape index (κ3) is 4.69. The molecule has 0 bridgehead atoms. The number of hydrogen-bond donors (Lipinski definition) is 1. The molecule has 5 rings (SSSR count). The average Bonchev–Trinajstić information content (AvgIpc) is 3.56. The zero-order valence-electron chi connectivity index (χ0n) is 21.4.